The number of imidazole rings is 1. The topological polar surface area (TPSA) is 172 Å². The van der Waals surface area contributed by atoms with Crippen molar-refractivity contribution in [3.63, 3.8) is 0 Å². The minimum Gasteiger partial charge on any atom is -0.477 e. The Morgan fingerprint density at radius 1 is 1.29 bits per heavy atom. The van der Waals surface area contributed by atoms with Gasteiger partial charge in [-0.2, -0.15) is 4.57 Å². The Morgan fingerprint density at radius 2 is 2.02 bits per heavy atom. The van der Waals surface area contributed by atoms with Gasteiger partial charge in [-0.15, -0.1) is 11.3 Å². The summed E-state index contributed by atoms with van der Waals surface area (Å²) in [4.78, 5) is 59.7. The Balaban J connectivity index is 1.48. The number of primary amides is 1. The summed E-state index contributed by atoms with van der Waals surface area (Å²) in [5.74, 6) is -3.06. The van der Waals surface area contributed by atoms with Crippen LogP contribution in [0, 0.1) is 11.8 Å². The van der Waals surface area contributed by atoms with Gasteiger partial charge in [-0.25, -0.2) is 9.78 Å². The number of hydrogen-bond acceptors (Lipinski definition) is 9. The highest BCUT2D eigenvalue weighted by Gasteiger charge is 2.60. The number of ketones is 1. The fourth-order valence-electron chi connectivity index (χ4n) is 6.09. The third-order valence-electron chi connectivity index (χ3n) is 7.91. The van der Waals surface area contributed by atoms with Gasteiger partial charge < -0.3 is 30.5 Å². The first-order chi connectivity index (χ1) is 19.6. The van der Waals surface area contributed by atoms with Crippen LogP contribution in [-0.4, -0.2) is 86.5 Å². The van der Waals surface area contributed by atoms with Gasteiger partial charge in [0.25, 0.3) is 5.91 Å². The van der Waals surface area contributed by atoms with Crippen molar-refractivity contribution in [3.05, 3.63) is 52.6 Å². The van der Waals surface area contributed by atoms with Crippen molar-refractivity contribution in [2.45, 2.75) is 32.5 Å². The molecule has 41 heavy (non-hydrogen) atoms. The van der Waals surface area contributed by atoms with Crippen molar-refractivity contribution < 1.29 is 38.7 Å². The van der Waals surface area contributed by atoms with Crippen molar-refractivity contribution in [1.82, 2.24) is 14.3 Å². The third-order valence-corrected chi connectivity index (χ3v) is 9.04. The lowest BCUT2D eigenvalue weighted by molar-refractivity contribution is -0.684. The molecule has 4 N–H and O–H groups in total. The van der Waals surface area contributed by atoms with Crippen molar-refractivity contribution in [2.24, 2.45) is 17.6 Å². The molecule has 2 fully saturated rings. The number of anilines is 1. The molecule has 3 aliphatic heterocycles. The van der Waals surface area contributed by atoms with Crippen LogP contribution in [0.5, 0.6) is 0 Å². The number of amides is 2. The minimum atomic E-state index is -1.23. The Bertz CT molecular complexity index is 1640. The van der Waals surface area contributed by atoms with E-state index >= 15 is 0 Å². The van der Waals surface area contributed by atoms with Crippen LogP contribution in [0.2, 0.25) is 0 Å². The first-order valence-electron chi connectivity index (χ1n) is 13.2. The van der Waals surface area contributed by atoms with Gasteiger partial charge in [0.15, 0.2) is 12.4 Å². The van der Waals surface area contributed by atoms with E-state index in [-0.39, 0.29) is 29.6 Å². The molecule has 0 bridgehead atoms. The number of pyridine rings is 1. The fourth-order valence-corrected chi connectivity index (χ4v) is 7.32. The molecule has 0 aromatic carbocycles. The molecule has 6 heterocycles. The molecule has 13 nitrogen and oxygen atoms in total. The van der Waals surface area contributed by atoms with Crippen LogP contribution in [0.4, 0.5) is 5.95 Å². The lowest BCUT2D eigenvalue weighted by atomic mass is 9.77. The number of fused-ring (bicyclic) bond motifs is 2. The molecular formula is C27H29N6O7S+. The van der Waals surface area contributed by atoms with E-state index in [2.05, 4.69) is 0 Å². The maximum absolute atomic E-state index is 13.8. The molecule has 0 radical (unpaired) electrons. The number of carbonyl (C=O) groups excluding carboxylic acids is 3. The number of carboxylic acid groups (broad SMARTS) is 1. The average Bonchev–Trinajstić information content (AvgIpc) is 3.57. The van der Waals surface area contributed by atoms with Crippen LogP contribution in [0.1, 0.15) is 34.8 Å². The van der Waals surface area contributed by atoms with E-state index in [9.17, 15) is 29.4 Å². The third kappa shape index (κ3) is 4.29. The highest BCUT2D eigenvalue weighted by molar-refractivity contribution is 7.18. The number of β-lactam (4-membered cyclic amide) rings is 1. The highest BCUT2D eigenvalue weighted by atomic mass is 32.1. The molecule has 214 valence electrons. The van der Waals surface area contributed by atoms with Gasteiger partial charge >= 0.3 is 5.97 Å². The summed E-state index contributed by atoms with van der Waals surface area (Å²) in [6.07, 6.45) is 4.04. The molecule has 14 heteroatoms. The van der Waals surface area contributed by atoms with Gasteiger partial charge in [-0.1, -0.05) is 6.92 Å². The maximum atomic E-state index is 13.8. The zero-order valence-electron chi connectivity index (χ0n) is 22.4. The quantitative estimate of drug-likeness (QED) is 0.186. The highest BCUT2D eigenvalue weighted by Crippen LogP contribution is 2.51. The number of carboxylic acids is 1. The predicted molar refractivity (Wildman–Crippen MR) is 145 cm³/mol. The zero-order chi connectivity index (χ0) is 29.2. The number of morpholine rings is 1. The standard InChI is InChI=1S/C27H28N6O7S/c1-13-18(22(26(38)39)33-21(13)19(14(2)34)24(33)37)16-11-32-25(41-16)20(29-27(32)31-6-8-40-9-7-31)23(36)15-4-3-5-30(10-15)12-17(28)35/h3-5,10-11,13-14,19,21,34H,6-9,12H2,1-2H3,(H2-,28,35,38,39)/p+1/t13-,14+,19+,21+/m0/s1. The monoisotopic (exact) mass is 581 g/mol. The van der Waals surface area contributed by atoms with Crippen LogP contribution in [0.25, 0.3) is 10.4 Å². The van der Waals surface area contributed by atoms with Crippen LogP contribution in [0.3, 0.4) is 0 Å². The van der Waals surface area contributed by atoms with Crippen LogP contribution in [0.15, 0.2) is 36.4 Å². The number of rotatable bonds is 8. The first-order valence-corrected chi connectivity index (χ1v) is 14.1. The molecule has 3 aliphatic rings. The van der Waals surface area contributed by atoms with E-state index in [1.165, 1.54) is 33.9 Å². The van der Waals surface area contributed by atoms with Crippen LogP contribution < -0.4 is 15.2 Å². The number of aliphatic hydroxyl groups is 1. The number of ether oxygens (including phenoxy) is 1. The van der Waals surface area contributed by atoms with Crippen molar-refractivity contribution in [2.75, 3.05) is 31.2 Å². The molecular weight excluding hydrogens is 552 g/mol. The number of aliphatic carboxylic acids is 1. The van der Waals surface area contributed by atoms with Gasteiger partial charge in [-0.3, -0.25) is 18.8 Å². The van der Waals surface area contributed by atoms with Gasteiger partial charge in [-0.05, 0) is 13.0 Å². The molecule has 2 saturated heterocycles. The van der Waals surface area contributed by atoms with E-state index in [0.29, 0.717) is 53.1 Å². The van der Waals surface area contributed by atoms with Crippen molar-refractivity contribution in [3.8, 4) is 0 Å². The second kappa shape index (κ2) is 10.0. The maximum Gasteiger partial charge on any atom is 0.352 e. The predicted octanol–water partition coefficient (Wildman–Crippen LogP) is -0.111. The van der Waals surface area contributed by atoms with E-state index in [0.717, 1.165) is 0 Å². The molecule has 0 saturated carbocycles. The molecule has 0 spiro atoms. The van der Waals surface area contributed by atoms with Gasteiger partial charge in [0.05, 0.1) is 41.7 Å². The van der Waals surface area contributed by atoms with Crippen LogP contribution >= 0.6 is 11.3 Å². The largest absolute Gasteiger partial charge is 0.477 e. The first kappa shape index (κ1) is 27.1. The van der Waals surface area contributed by atoms with Gasteiger partial charge in [0.1, 0.15) is 16.2 Å². The summed E-state index contributed by atoms with van der Waals surface area (Å²) in [6, 6.07) is 2.81. The summed E-state index contributed by atoms with van der Waals surface area (Å²) in [5, 5.41) is 20.4. The molecule has 3 aromatic rings. The summed E-state index contributed by atoms with van der Waals surface area (Å²) >= 11 is 1.23. The molecule has 0 aliphatic carbocycles. The molecule has 3 aromatic heterocycles. The molecule has 6 rings (SSSR count). The number of aliphatic hydroxyl groups excluding tert-OH is 1. The number of aromatic nitrogens is 3. The zero-order valence-corrected chi connectivity index (χ0v) is 23.2. The normalized spacial score (nSPS) is 23.1. The summed E-state index contributed by atoms with van der Waals surface area (Å²) in [5.41, 5.74) is 6.21. The summed E-state index contributed by atoms with van der Waals surface area (Å²) < 4.78 is 8.82. The van der Waals surface area contributed by atoms with Gasteiger partial charge in [0, 0.05) is 36.8 Å². The number of nitrogens with two attached hydrogens (primary N) is 1. The van der Waals surface area contributed by atoms with E-state index in [4.69, 9.17) is 15.5 Å². The number of carbonyl (C=O) groups is 4. The van der Waals surface area contributed by atoms with Crippen molar-refractivity contribution in [1.29, 1.82) is 0 Å². The molecule has 4 atom stereocenters. The minimum absolute atomic E-state index is 0.0876. The molecule has 2 amide bonds. The SMILES string of the molecule is C[C@@H](O)[C@H]1C(=O)N2C(C(=O)O)=C(c3cn4c(N5CCOCC5)nc(C(=O)c5ccc[n+](CC(N)=O)c5)c4s3)[C@H](C)[C@H]12. The Morgan fingerprint density at radius 3 is 2.68 bits per heavy atom. The van der Waals surface area contributed by atoms with Gasteiger partial charge in [0.2, 0.25) is 24.2 Å². The lowest BCUT2D eigenvalue weighted by Gasteiger charge is -2.46. The summed E-state index contributed by atoms with van der Waals surface area (Å²) in [6.45, 7) is 5.40. The molecule has 0 unspecified atom stereocenters. The number of nitrogens with zero attached hydrogens (tertiary/aromatic N) is 5. The number of hydrogen-bond donors (Lipinski definition) is 3. The average molecular weight is 582 g/mol. The smallest absolute Gasteiger partial charge is 0.352 e. The lowest BCUT2D eigenvalue weighted by Crippen LogP contribution is -2.63. The van der Waals surface area contributed by atoms with E-state index < -0.39 is 35.8 Å². The van der Waals surface area contributed by atoms with E-state index in [1.807, 2.05) is 11.8 Å². The number of thiazole rings is 1. The summed E-state index contributed by atoms with van der Waals surface area (Å²) in [7, 11) is 0. The van der Waals surface area contributed by atoms with E-state index in [1.54, 1.807) is 28.9 Å². The van der Waals surface area contributed by atoms with Crippen LogP contribution in [-0.2, 0) is 25.7 Å². The second-order valence-electron chi connectivity index (χ2n) is 10.5. The Kier molecular flexibility index (Phi) is 6.63. The second-order valence-corrected chi connectivity index (χ2v) is 11.5. The Hall–Kier alpha value is -4.14. The van der Waals surface area contributed by atoms with Crippen molar-refractivity contribution >= 4 is 51.3 Å². The Labute approximate surface area is 238 Å². The fraction of sp³-hybridized carbons (Fsp3) is 0.407.